The number of ether oxygens (including phenoxy) is 1. The second-order valence-electron chi connectivity index (χ2n) is 5.34. The molecule has 2 unspecified atom stereocenters. The lowest BCUT2D eigenvalue weighted by molar-refractivity contribution is -0.148. The number of aromatic nitrogens is 2. The molecule has 114 valence electrons. The first-order valence-electron chi connectivity index (χ1n) is 6.59. The van der Waals surface area contributed by atoms with Crippen molar-refractivity contribution in [3.05, 3.63) is 5.89 Å². The molecule has 1 N–H and O–H groups in total. The van der Waals surface area contributed by atoms with E-state index in [4.69, 9.17) is 9.15 Å². The van der Waals surface area contributed by atoms with Crippen LogP contribution in [0.1, 0.15) is 40.0 Å². The standard InChI is InChI=1S/C13H23N3O3S/c1-8(2)14-13(5,11(17)18-6)7-9(3)20-12-16-15-10(4)19-12/h8-9,14H,7H2,1-6H3. The van der Waals surface area contributed by atoms with Crippen molar-refractivity contribution in [3.8, 4) is 0 Å². The van der Waals surface area contributed by atoms with E-state index in [0.29, 0.717) is 17.5 Å². The summed E-state index contributed by atoms with van der Waals surface area (Å²) < 4.78 is 10.3. The molecule has 0 radical (unpaired) electrons. The highest BCUT2D eigenvalue weighted by Gasteiger charge is 2.36. The van der Waals surface area contributed by atoms with Gasteiger partial charge in [0.2, 0.25) is 5.89 Å². The van der Waals surface area contributed by atoms with Crippen molar-refractivity contribution in [1.82, 2.24) is 15.5 Å². The molecule has 0 amide bonds. The van der Waals surface area contributed by atoms with Gasteiger partial charge in [-0.1, -0.05) is 18.7 Å². The van der Waals surface area contributed by atoms with Gasteiger partial charge in [0.1, 0.15) is 5.54 Å². The van der Waals surface area contributed by atoms with Crippen LogP contribution >= 0.6 is 11.8 Å². The molecule has 20 heavy (non-hydrogen) atoms. The Labute approximate surface area is 124 Å². The van der Waals surface area contributed by atoms with Gasteiger partial charge in [-0.05, 0) is 27.2 Å². The van der Waals surface area contributed by atoms with Gasteiger partial charge in [0, 0.05) is 18.2 Å². The summed E-state index contributed by atoms with van der Waals surface area (Å²) in [6.45, 7) is 9.63. The zero-order valence-electron chi connectivity index (χ0n) is 12.9. The average Bonchev–Trinajstić information content (AvgIpc) is 2.71. The molecule has 0 aliphatic carbocycles. The van der Waals surface area contributed by atoms with Gasteiger partial charge in [-0.2, -0.15) is 0 Å². The molecule has 2 atom stereocenters. The summed E-state index contributed by atoms with van der Waals surface area (Å²) in [6.07, 6.45) is 0.601. The molecule has 6 nitrogen and oxygen atoms in total. The summed E-state index contributed by atoms with van der Waals surface area (Å²) in [7, 11) is 1.40. The Morgan fingerprint density at radius 1 is 1.45 bits per heavy atom. The number of thioether (sulfide) groups is 1. The molecule has 0 aromatic carbocycles. The monoisotopic (exact) mass is 301 g/mol. The second-order valence-corrected chi connectivity index (χ2v) is 6.73. The van der Waals surface area contributed by atoms with Crippen LogP contribution in [0.2, 0.25) is 0 Å². The van der Waals surface area contributed by atoms with E-state index in [1.54, 1.807) is 6.92 Å². The predicted octanol–water partition coefficient (Wildman–Crippen LogP) is 2.18. The van der Waals surface area contributed by atoms with Crippen molar-refractivity contribution in [2.75, 3.05) is 7.11 Å². The fourth-order valence-electron chi connectivity index (χ4n) is 2.18. The van der Waals surface area contributed by atoms with Crippen molar-refractivity contribution in [1.29, 1.82) is 0 Å². The third-order valence-corrected chi connectivity index (χ3v) is 3.68. The SMILES string of the molecule is COC(=O)C(C)(CC(C)Sc1nnc(C)o1)NC(C)C. The average molecular weight is 301 g/mol. The van der Waals surface area contributed by atoms with Gasteiger partial charge in [0.25, 0.3) is 5.22 Å². The summed E-state index contributed by atoms with van der Waals surface area (Å²) in [5.74, 6) is 0.274. The molecule has 0 saturated carbocycles. The van der Waals surface area contributed by atoms with E-state index >= 15 is 0 Å². The maximum Gasteiger partial charge on any atom is 0.325 e. The van der Waals surface area contributed by atoms with E-state index in [1.807, 2.05) is 27.7 Å². The summed E-state index contributed by atoms with van der Waals surface area (Å²) >= 11 is 1.46. The van der Waals surface area contributed by atoms with E-state index in [9.17, 15) is 4.79 Å². The predicted molar refractivity (Wildman–Crippen MR) is 77.7 cm³/mol. The van der Waals surface area contributed by atoms with Crippen LogP contribution in [0, 0.1) is 6.92 Å². The molecule has 0 fully saturated rings. The van der Waals surface area contributed by atoms with Crippen LogP contribution in [0.15, 0.2) is 9.64 Å². The zero-order valence-corrected chi connectivity index (χ0v) is 13.7. The van der Waals surface area contributed by atoms with Crippen molar-refractivity contribution < 1.29 is 13.9 Å². The molecule has 0 aliphatic rings. The number of rotatable bonds is 7. The van der Waals surface area contributed by atoms with E-state index in [1.165, 1.54) is 18.9 Å². The van der Waals surface area contributed by atoms with Gasteiger partial charge in [-0.3, -0.25) is 10.1 Å². The van der Waals surface area contributed by atoms with Gasteiger partial charge in [-0.25, -0.2) is 0 Å². The molecule has 0 aliphatic heterocycles. The lowest BCUT2D eigenvalue weighted by atomic mass is 9.95. The van der Waals surface area contributed by atoms with Crippen molar-refractivity contribution >= 4 is 17.7 Å². The Hall–Kier alpha value is -1.08. The van der Waals surface area contributed by atoms with Crippen molar-refractivity contribution in [2.24, 2.45) is 0 Å². The number of nitrogens with one attached hydrogen (secondary N) is 1. The summed E-state index contributed by atoms with van der Waals surface area (Å²) in [5, 5.41) is 11.7. The molecular formula is C13H23N3O3S. The van der Waals surface area contributed by atoms with Crippen LogP contribution in [0.25, 0.3) is 0 Å². The van der Waals surface area contributed by atoms with Crippen LogP contribution in [0.3, 0.4) is 0 Å². The van der Waals surface area contributed by atoms with Gasteiger partial charge in [0.15, 0.2) is 0 Å². The zero-order chi connectivity index (χ0) is 15.3. The first-order valence-corrected chi connectivity index (χ1v) is 7.47. The van der Waals surface area contributed by atoms with Crippen LogP contribution in [0.4, 0.5) is 0 Å². The fraction of sp³-hybridized carbons (Fsp3) is 0.769. The first-order chi connectivity index (χ1) is 9.26. The molecule has 0 spiro atoms. The summed E-state index contributed by atoms with van der Waals surface area (Å²) in [5.41, 5.74) is -0.732. The molecule has 7 heteroatoms. The number of hydrogen-bond donors (Lipinski definition) is 1. The normalized spacial score (nSPS) is 15.9. The maximum absolute atomic E-state index is 12.0. The quantitative estimate of drug-likeness (QED) is 0.611. The minimum Gasteiger partial charge on any atom is -0.468 e. The Morgan fingerprint density at radius 3 is 2.55 bits per heavy atom. The fourth-order valence-corrected chi connectivity index (χ4v) is 3.20. The molecule has 1 heterocycles. The minimum absolute atomic E-state index is 0.130. The molecule has 1 aromatic rings. The van der Waals surface area contributed by atoms with Gasteiger partial charge < -0.3 is 9.15 Å². The topological polar surface area (TPSA) is 77.2 Å². The summed E-state index contributed by atoms with van der Waals surface area (Å²) in [6, 6.07) is 0.182. The second kappa shape index (κ2) is 7.08. The number of carbonyl (C=O) groups excluding carboxylic acids is 1. The lowest BCUT2D eigenvalue weighted by Crippen LogP contribution is -2.54. The molecule has 0 bridgehead atoms. The Kier molecular flexibility index (Phi) is 6.01. The number of nitrogens with zero attached hydrogens (tertiary/aromatic N) is 2. The Balaban J connectivity index is 2.71. The minimum atomic E-state index is -0.732. The molecule has 1 rings (SSSR count). The van der Waals surface area contributed by atoms with Crippen LogP contribution in [-0.4, -0.2) is 40.1 Å². The van der Waals surface area contributed by atoms with E-state index in [0.717, 1.165) is 0 Å². The maximum atomic E-state index is 12.0. The van der Waals surface area contributed by atoms with Gasteiger partial charge in [-0.15, -0.1) is 10.2 Å². The molecule has 0 saturated heterocycles. The molecule has 1 aromatic heterocycles. The highest BCUT2D eigenvalue weighted by molar-refractivity contribution is 7.99. The van der Waals surface area contributed by atoms with E-state index in [-0.39, 0.29) is 17.3 Å². The first kappa shape index (κ1) is 17.0. The highest BCUT2D eigenvalue weighted by Crippen LogP contribution is 2.28. The van der Waals surface area contributed by atoms with Crippen LogP contribution in [0.5, 0.6) is 0 Å². The number of hydrogen-bond acceptors (Lipinski definition) is 7. The number of aryl methyl sites for hydroxylation is 1. The third kappa shape index (κ3) is 4.79. The van der Waals surface area contributed by atoms with Gasteiger partial charge in [0.05, 0.1) is 7.11 Å². The Morgan fingerprint density at radius 2 is 2.10 bits per heavy atom. The van der Waals surface area contributed by atoms with Crippen molar-refractivity contribution in [2.45, 2.75) is 63.1 Å². The highest BCUT2D eigenvalue weighted by atomic mass is 32.2. The van der Waals surface area contributed by atoms with Gasteiger partial charge >= 0.3 is 5.97 Å². The van der Waals surface area contributed by atoms with E-state index in [2.05, 4.69) is 15.5 Å². The van der Waals surface area contributed by atoms with Crippen molar-refractivity contribution in [3.63, 3.8) is 0 Å². The summed E-state index contributed by atoms with van der Waals surface area (Å²) in [4.78, 5) is 12.0. The number of methoxy groups -OCH3 is 1. The number of carbonyl (C=O) groups is 1. The van der Waals surface area contributed by atoms with Crippen LogP contribution in [-0.2, 0) is 9.53 Å². The lowest BCUT2D eigenvalue weighted by Gasteiger charge is -2.32. The Bertz CT molecular complexity index is 450. The largest absolute Gasteiger partial charge is 0.468 e. The van der Waals surface area contributed by atoms with Crippen LogP contribution < -0.4 is 5.32 Å². The third-order valence-electron chi connectivity index (χ3n) is 2.75. The molecular weight excluding hydrogens is 278 g/mol. The van der Waals surface area contributed by atoms with E-state index < -0.39 is 5.54 Å². The number of esters is 1. The smallest absolute Gasteiger partial charge is 0.325 e.